The number of aryl methyl sites for hydroxylation is 2. The van der Waals surface area contributed by atoms with Crippen LogP contribution in [0.15, 0.2) is 40.8 Å². The van der Waals surface area contributed by atoms with Crippen LogP contribution in [0.25, 0.3) is 5.69 Å². The van der Waals surface area contributed by atoms with Gasteiger partial charge >= 0.3 is 6.18 Å². The van der Waals surface area contributed by atoms with Gasteiger partial charge in [-0.1, -0.05) is 23.7 Å². The molecule has 0 unspecified atom stereocenters. The number of amides is 1. The molecule has 0 aliphatic heterocycles. The van der Waals surface area contributed by atoms with Gasteiger partial charge in [0.05, 0.1) is 10.7 Å². The lowest BCUT2D eigenvalue weighted by Gasteiger charge is -2.09. The molecule has 0 aliphatic carbocycles. The first kappa shape index (κ1) is 19.0. The van der Waals surface area contributed by atoms with Gasteiger partial charge in [-0.2, -0.15) is 18.3 Å². The van der Waals surface area contributed by atoms with Crippen LogP contribution in [0.4, 0.5) is 13.2 Å². The Morgan fingerprint density at radius 3 is 2.56 bits per heavy atom. The number of alkyl halides is 3. The average Bonchev–Trinajstić information content (AvgIpc) is 3.16. The fraction of sp³-hybridized carbons (Fsp3) is 0.222. The summed E-state index contributed by atoms with van der Waals surface area (Å²) in [6, 6.07) is 8.66. The Morgan fingerprint density at radius 2 is 1.96 bits per heavy atom. The minimum absolute atomic E-state index is 0.108. The molecule has 3 rings (SSSR count). The first-order valence-corrected chi connectivity index (χ1v) is 8.31. The van der Waals surface area contributed by atoms with E-state index in [0.717, 1.165) is 10.2 Å². The topological polar surface area (TPSA) is 60.1 Å². The van der Waals surface area contributed by atoms with Crippen LogP contribution in [-0.2, 0) is 12.7 Å². The van der Waals surface area contributed by atoms with Crippen molar-refractivity contribution in [3.8, 4) is 5.69 Å². The minimum atomic E-state index is -4.69. The Morgan fingerprint density at radius 1 is 1.26 bits per heavy atom. The number of carbonyl (C=O) groups is 1. The number of hydrogen-bond acceptors (Lipinski definition) is 3. The summed E-state index contributed by atoms with van der Waals surface area (Å²) in [5.41, 5.74) is -0.535. The van der Waals surface area contributed by atoms with E-state index in [2.05, 4.69) is 10.4 Å². The zero-order valence-electron chi connectivity index (χ0n) is 14.4. The lowest BCUT2D eigenvalue weighted by Crippen LogP contribution is -2.25. The van der Waals surface area contributed by atoms with Crippen molar-refractivity contribution >= 4 is 17.5 Å². The predicted octanol–water partition coefficient (Wildman–Crippen LogP) is 4.68. The van der Waals surface area contributed by atoms with Crippen LogP contribution in [0.1, 0.15) is 33.3 Å². The lowest BCUT2D eigenvalue weighted by atomic mass is 10.2. The number of halogens is 4. The van der Waals surface area contributed by atoms with Crippen LogP contribution in [0, 0.1) is 13.8 Å². The third-order valence-electron chi connectivity index (χ3n) is 3.90. The largest absolute Gasteiger partial charge is 0.466 e. The van der Waals surface area contributed by atoms with E-state index in [1.807, 2.05) is 0 Å². The Labute approximate surface area is 157 Å². The van der Waals surface area contributed by atoms with E-state index >= 15 is 0 Å². The van der Waals surface area contributed by atoms with Crippen LogP contribution >= 0.6 is 11.6 Å². The lowest BCUT2D eigenvalue weighted by molar-refractivity contribution is -0.141. The minimum Gasteiger partial charge on any atom is -0.466 e. The highest BCUT2D eigenvalue weighted by molar-refractivity contribution is 6.32. The molecule has 0 saturated heterocycles. The van der Waals surface area contributed by atoms with E-state index in [9.17, 15) is 18.0 Å². The zero-order chi connectivity index (χ0) is 19.8. The highest BCUT2D eigenvalue weighted by Gasteiger charge is 2.36. The number of nitrogens with one attached hydrogen (secondary N) is 1. The highest BCUT2D eigenvalue weighted by atomic mass is 35.5. The molecule has 142 valence electrons. The molecule has 0 aliphatic rings. The fourth-order valence-corrected chi connectivity index (χ4v) is 2.83. The van der Waals surface area contributed by atoms with Crippen molar-refractivity contribution in [3.05, 3.63) is 69.9 Å². The third kappa shape index (κ3) is 4.00. The first-order valence-electron chi connectivity index (χ1n) is 7.93. The molecule has 2 aromatic heterocycles. The van der Waals surface area contributed by atoms with Crippen LogP contribution in [-0.4, -0.2) is 15.7 Å². The maximum absolute atomic E-state index is 13.1. The van der Waals surface area contributed by atoms with Gasteiger partial charge in [0.25, 0.3) is 5.91 Å². The fourth-order valence-electron chi connectivity index (χ4n) is 2.61. The maximum Gasteiger partial charge on any atom is 0.435 e. The summed E-state index contributed by atoms with van der Waals surface area (Å²) >= 11 is 6.07. The van der Waals surface area contributed by atoms with Gasteiger partial charge in [0.1, 0.15) is 17.2 Å². The van der Waals surface area contributed by atoms with Gasteiger partial charge in [0.15, 0.2) is 5.69 Å². The molecule has 0 spiro atoms. The van der Waals surface area contributed by atoms with E-state index in [1.54, 1.807) is 32.0 Å². The van der Waals surface area contributed by atoms with Crippen molar-refractivity contribution in [2.24, 2.45) is 0 Å². The van der Waals surface area contributed by atoms with Gasteiger partial charge in [0, 0.05) is 18.2 Å². The van der Waals surface area contributed by atoms with E-state index in [4.69, 9.17) is 16.0 Å². The van der Waals surface area contributed by atoms with Gasteiger partial charge in [-0.3, -0.25) is 4.79 Å². The number of furan rings is 1. The number of para-hydroxylation sites is 1. The van der Waals surface area contributed by atoms with Crippen LogP contribution in [0.3, 0.4) is 0 Å². The van der Waals surface area contributed by atoms with Crippen molar-refractivity contribution in [3.63, 3.8) is 0 Å². The number of rotatable bonds is 4. The molecule has 0 bridgehead atoms. The van der Waals surface area contributed by atoms with E-state index in [0.29, 0.717) is 17.6 Å². The van der Waals surface area contributed by atoms with Gasteiger partial charge < -0.3 is 9.73 Å². The SMILES string of the molecule is Cc1cc(CNC(=O)c2cc(C(F)(F)F)nn2-c2ccccc2Cl)c(C)o1. The van der Waals surface area contributed by atoms with Crippen molar-refractivity contribution in [2.75, 3.05) is 0 Å². The predicted molar refractivity (Wildman–Crippen MR) is 92.9 cm³/mol. The molecule has 1 N–H and O–H groups in total. The van der Waals surface area contributed by atoms with Crippen LogP contribution < -0.4 is 5.32 Å². The molecule has 27 heavy (non-hydrogen) atoms. The summed E-state index contributed by atoms with van der Waals surface area (Å²) in [5, 5.41) is 6.30. The molecule has 1 aromatic carbocycles. The molecular formula is C18H15ClF3N3O2. The van der Waals surface area contributed by atoms with Gasteiger partial charge in [-0.25, -0.2) is 4.68 Å². The summed E-state index contributed by atoms with van der Waals surface area (Å²) in [6.07, 6.45) is -4.69. The second-order valence-electron chi connectivity index (χ2n) is 5.90. The highest BCUT2D eigenvalue weighted by Crippen LogP contribution is 2.31. The molecule has 5 nitrogen and oxygen atoms in total. The molecular weight excluding hydrogens is 383 g/mol. The number of nitrogens with zero attached hydrogens (tertiary/aromatic N) is 2. The summed E-state index contributed by atoms with van der Waals surface area (Å²) in [5.74, 6) is 0.594. The molecule has 3 aromatic rings. The maximum atomic E-state index is 13.1. The van der Waals surface area contributed by atoms with Crippen molar-refractivity contribution in [1.82, 2.24) is 15.1 Å². The Kier molecular flexibility index (Phi) is 5.01. The summed E-state index contributed by atoms with van der Waals surface area (Å²) in [7, 11) is 0. The molecule has 0 saturated carbocycles. The number of carbonyl (C=O) groups excluding carboxylic acids is 1. The Balaban J connectivity index is 1.95. The van der Waals surface area contributed by atoms with E-state index < -0.39 is 17.8 Å². The molecule has 0 radical (unpaired) electrons. The Hall–Kier alpha value is -2.74. The quantitative estimate of drug-likeness (QED) is 0.695. The smallest absolute Gasteiger partial charge is 0.435 e. The third-order valence-corrected chi connectivity index (χ3v) is 4.22. The summed E-state index contributed by atoms with van der Waals surface area (Å²) in [4.78, 5) is 12.6. The second kappa shape index (κ2) is 7.11. The molecule has 0 atom stereocenters. The van der Waals surface area contributed by atoms with Crippen LogP contribution in [0.2, 0.25) is 5.02 Å². The second-order valence-corrected chi connectivity index (χ2v) is 6.30. The molecule has 2 heterocycles. The van der Waals surface area contributed by atoms with Crippen molar-refractivity contribution < 1.29 is 22.4 Å². The van der Waals surface area contributed by atoms with Gasteiger partial charge in [-0.05, 0) is 32.0 Å². The molecule has 1 amide bonds. The Bertz CT molecular complexity index is 992. The zero-order valence-corrected chi connectivity index (χ0v) is 15.1. The monoisotopic (exact) mass is 397 g/mol. The molecule has 9 heteroatoms. The summed E-state index contributed by atoms with van der Waals surface area (Å²) in [6.45, 7) is 3.61. The normalized spacial score (nSPS) is 11.6. The van der Waals surface area contributed by atoms with E-state index in [1.165, 1.54) is 12.1 Å². The van der Waals surface area contributed by atoms with Gasteiger partial charge in [-0.15, -0.1) is 0 Å². The number of hydrogen-bond donors (Lipinski definition) is 1. The summed E-state index contributed by atoms with van der Waals surface area (Å²) < 4.78 is 45.6. The van der Waals surface area contributed by atoms with Crippen molar-refractivity contribution in [1.29, 1.82) is 0 Å². The van der Waals surface area contributed by atoms with Crippen molar-refractivity contribution in [2.45, 2.75) is 26.6 Å². The van der Waals surface area contributed by atoms with Crippen LogP contribution in [0.5, 0.6) is 0 Å². The number of aromatic nitrogens is 2. The average molecular weight is 398 g/mol. The first-order chi connectivity index (χ1) is 12.7. The van der Waals surface area contributed by atoms with E-state index in [-0.39, 0.29) is 22.9 Å². The van der Waals surface area contributed by atoms with Gasteiger partial charge in [0.2, 0.25) is 0 Å². The molecule has 0 fully saturated rings. The number of benzene rings is 1. The standard InChI is InChI=1S/C18H15ClF3N3O2/c1-10-7-12(11(2)27-10)9-23-17(26)15-8-16(18(20,21)22)24-25(15)14-6-4-3-5-13(14)19/h3-8H,9H2,1-2H3,(H,23,26).